The number of nitrogens with zero attached hydrogens (tertiary/aromatic N) is 1. The van der Waals surface area contributed by atoms with Gasteiger partial charge in [-0.3, -0.25) is 4.90 Å². The van der Waals surface area contributed by atoms with Gasteiger partial charge in [-0.1, -0.05) is 51.1 Å². The zero-order valence-corrected chi connectivity index (χ0v) is 12.7. The second-order valence-electron chi connectivity index (χ2n) is 7.00. The minimum atomic E-state index is 0.377. The fourth-order valence-electron chi connectivity index (χ4n) is 2.66. The van der Waals surface area contributed by atoms with Crippen molar-refractivity contribution in [1.82, 2.24) is 10.2 Å². The molecule has 19 heavy (non-hydrogen) atoms. The molecule has 1 aromatic rings. The quantitative estimate of drug-likeness (QED) is 0.893. The molecule has 2 rings (SSSR count). The van der Waals surface area contributed by atoms with Crippen LogP contribution in [0.25, 0.3) is 0 Å². The summed E-state index contributed by atoms with van der Waals surface area (Å²) in [5.41, 5.74) is 1.81. The molecule has 1 N–H and O–H groups in total. The molecule has 0 bridgehead atoms. The Balaban J connectivity index is 1.80. The first-order chi connectivity index (χ1) is 9.03. The number of benzene rings is 1. The smallest absolute Gasteiger partial charge is 0.0234 e. The summed E-state index contributed by atoms with van der Waals surface area (Å²) >= 11 is 0. The maximum absolute atomic E-state index is 3.74. The van der Waals surface area contributed by atoms with Crippen molar-refractivity contribution < 1.29 is 0 Å². The van der Waals surface area contributed by atoms with Gasteiger partial charge in [0.25, 0.3) is 0 Å². The van der Waals surface area contributed by atoms with Gasteiger partial charge in [0.05, 0.1) is 0 Å². The number of nitrogens with one attached hydrogen (secondary N) is 1. The number of hydrogen-bond acceptors (Lipinski definition) is 2. The molecule has 2 nitrogen and oxygen atoms in total. The molecule has 2 heteroatoms. The minimum Gasteiger partial charge on any atom is -0.312 e. The maximum Gasteiger partial charge on any atom is 0.0234 e. The van der Waals surface area contributed by atoms with E-state index >= 15 is 0 Å². The lowest BCUT2D eigenvalue weighted by Gasteiger charge is -2.34. The molecule has 0 aliphatic carbocycles. The van der Waals surface area contributed by atoms with Crippen LogP contribution in [0.4, 0.5) is 0 Å². The van der Waals surface area contributed by atoms with Crippen molar-refractivity contribution >= 4 is 0 Å². The van der Waals surface area contributed by atoms with E-state index in [0.29, 0.717) is 11.5 Å². The van der Waals surface area contributed by atoms with Gasteiger partial charge in [-0.25, -0.2) is 0 Å². The van der Waals surface area contributed by atoms with Crippen molar-refractivity contribution in [3.05, 3.63) is 35.9 Å². The Morgan fingerprint density at radius 1 is 1.21 bits per heavy atom. The van der Waals surface area contributed by atoms with Crippen LogP contribution in [0.5, 0.6) is 0 Å². The van der Waals surface area contributed by atoms with Gasteiger partial charge >= 0.3 is 0 Å². The lowest BCUT2D eigenvalue weighted by Crippen LogP contribution is -2.47. The van der Waals surface area contributed by atoms with E-state index in [9.17, 15) is 0 Å². The third-order valence-corrected chi connectivity index (χ3v) is 3.68. The Morgan fingerprint density at radius 3 is 2.63 bits per heavy atom. The molecule has 0 aromatic heterocycles. The van der Waals surface area contributed by atoms with E-state index in [1.807, 2.05) is 0 Å². The molecule has 0 amide bonds. The van der Waals surface area contributed by atoms with Crippen LogP contribution in [0.2, 0.25) is 0 Å². The van der Waals surface area contributed by atoms with Crippen LogP contribution in [0, 0.1) is 5.41 Å². The summed E-state index contributed by atoms with van der Waals surface area (Å²) < 4.78 is 0. The normalized spacial score (nSPS) is 21.5. The summed E-state index contributed by atoms with van der Waals surface area (Å²) in [6, 6.07) is 11.5. The molecular weight excluding hydrogens is 232 g/mol. The van der Waals surface area contributed by atoms with Crippen LogP contribution >= 0.6 is 0 Å². The Morgan fingerprint density at radius 2 is 1.95 bits per heavy atom. The van der Waals surface area contributed by atoms with E-state index in [2.05, 4.69) is 61.3 Å². The first kappa shape index (κ1) is 14.5. The molecule has 1 saturated heterocycles. The number of hydrogen-bond donors (Lipinski definition) is 1. The Kier molecular flexibility index (Phi) is 5.00. The molecule has 1 heterocycles. The predicted octanol–water partition coefficient (Wildman–Crippen LogP) is 3.29. The molecule has 1 aromatic carbocycles. The highest BCUT2D eigenvalue weighted by Gasteiger charge is 2.21. The summed E-state index contributed by atoms with van der Waals surface area (Å²) in [5, 5.41) is 3.74. The van der Waals surface area contributed by atoms with Gasteiger partial charge in [0, 0.05) is 25.7 Å². The highest BCUT2D eigenvalue weighted by molar-refractivity contribution is 5.14. The lowest BCUT2D eigenvalue weighted by molar-refractivity contribution is 0.175. The first-order valence-corrected chi connectivity index (χ1v) is 7.53. The molecule has 1 aliphatic rings. The number of rotatable bonds is 4. The molecule has 1 fully saturated rings. The van der Waals surface area contributed by atoms with E-state index < -0.39 is 0 Å². The summed E-state index contributed by atoms with van der Waals surface area (Å²) in [6.45, 7) is 11.5. The molecule has 1 unspecified atom stereocenters. The molecule has 0 saturated carbocycles. The molecule has 106 valence electrons. The highest BCUT2D eigenvalue weighted by Crippen LogP contribution is 2.16. The summed E-state index contributed by atoms with van der Waals surface area (Å²) in [6.07, 6.45) is 2.63. The highest BCUT2D eigenvalue weighted by atomic mass is 15.2. The Hall–Kier alpha value is -0.860. The van der Waals surface area contributed by atoms with Crippen molar-refractivity contribution in [2.45, 2.75) is 46.2 Å². The van der Waals surface area contributed by atoms with Crippen LogP contribution < -0.4 is 5.32 Å². The zero-order valence-electron chi connectivity index (χ0n) is 12.7. The topological polar surface area (TPSA) is 15.3 Å². The van der Waals surface area contributed by atoms with Gasteiger partial charge in [-0.15, -0.1) is 0 Å². The lowest BCUT2D eigenvalue weighted by atomic mass is 9.95. The summed E-state index contributed by atoms with van der Waals surface area (Å²) in [7, 11) is 0. The fourth-order valence-corrected chi connectivity index (χ4v) is 2.66. The van der Waals surface area contributed by atoms with Crippen LogP contribution in [-0.4, -0.2) is 30.6 Å². The van der Waals surface area contributed by atoms with E-state index in [0.717, 1.165) is 13.1 Å². The third kappa shape index (κ3) is 5.33. The molecule has 0 radical (unpaired) electrons. The van der Waals surface area contributed by atoms with E-state index in [1.165, 1.54) is 31.5 Å². The Bertz CT molecular complexity index is 367. The minimum absolute atomic E-state index is 0.377. The van der Waals surface area contributed by atoms with Crippen LogP contribution in [0.3, 0.4) is 0 Å². The van der Waals surface area contributed by atoms with Crippen molar-refractivity contribution in [2.24, 2.45) is 5.41 Å². The number of likely N-dealkylation sites (tertiary alicyclic amines) is 1. The maximum atomic E-state index is 3.74. The summed E-state index contributed by atoms with van der Waals surface area (Å²) in [4.78, 5) is 2.58. The van der Waals surface area contributed by atoms with Crippen molar-refractivity contribution in [3.63, 3.8) is 0 Å². The second kappa shape index (κ2) is 6.53. The van der Waals surface area contributed by atoms with Crippen molar-refractivity contribution in [1.29, 1.82) is 0 Å². The molecule has 0 spiro atoms. The average Bonchev–Trinajstić information content (AvgIpc) is 2.37. The van der Waals surface area contributed by atoms with E-state index in [1.54, 1.807) is 0 Å². The average molecular weight is 260 g/mol. The third-order valence-electron chi connectivity index (χ3n) is 3.68. The second-order valence-corrected chi connectivity index (χ2v) is 7.00. The largest absolute Gasteiger partial charge is 0.312 e. The van der Waals surface area contributed by atoms with Crippen LogP contribution in [0.1, 0.15) is 39.2 Å². The first-order valence-electron chi connectivity index (χ1n) is 7.53. The van der Waals surface area contributed by atoms with Crippen LogP contribution in [-0.2, 0) is 6.54 Å². The summed E-state index contributed by atoms with van der Waals surface area (Å²) in [5.74, 6) is 0. The van der Waals surface area contributed by atoms with Gasteiger partial charge < -0.3 is 5.32 Å². The SMILES string of the molecule is CC(C)(C)CNC1CCCN(Cc2ccccc2)C1. The predicted molar refractivity (Wildman–Crippen MR) is 82.2 cm³/mol. The van der Waals surface area contributed by atoms with E-state index in [4.69, 9.17) is 0 Å². The number of piperidine rings is 1. The van der Waals surface area contributed by atoms with Crippen LogP contribution in [0.15, 0.2) is 30.3 Å². The monoisotopic (exact) mass is 260 g/mol. The molecular formula is C17H28N2. The molecule has 1 atom stereocenters. The van der Waals surface area contributed by atoms with Crippen molar-refractivity contribution in [3.8, 4) is 0 Å². The van der Waals surface area contributed by atoms with E-state index in [-0.39, 0.29) is 0 Å². The zero-order chi connectivity index (χ0) is 13.7. The van der Waals surface area contributed by atoms with Gasteiger partial charge in [0.2, 0.25) is 0 Å². The Labute approximate surface area is 118 Å². The molecule has 1 aliphatic heterocycles. The standard InChI is InChI=1S/C17H28N2/c1-17(2,3)14-18-16-10-7-11-19(13-16)12-15-8-5-4-6-9-15/h4-6,8-9,16,18H,7,10-14H2,1-3H3. The fraction of sp³-hybridized carbons (Fsp3) is 0.647. The van der Waals surface area contributed by atoms with Crippen molar-refractivity contribution in [2.75, 3.05) is 19.6 Å². The van der Waals surface area contributed by atoms with Gasteiger partial charge in [-0.05, 0) is 30.4 Å². The van der Waals surface area contributed by atoms with Gasteiger partial charge in [0.15, 0.2) is 0 Å². The van der Waals surface area contributed by atoms with Gasteiger partial charge in [-0.2, -0.15) is 0 Å². The van der Waals surface area contributed by atoms with Gasteiger partial charge in [0.1, 0.15) is 0 Å².